The van der Waals surface area contributed by atoms with Crippen molar-refractivity contribution >= 4 is 39.5 Å². The molecule has 1 heterocycles. The summed E-state index contributed by atoms with van der Waals surface area (Å²) in [7, 11) is 3.82. The van der Waals surface area contributed by atoms with Crippen molar-refractivity contribution in [2.24, 2.45) is 5.73 Å². The van der Waals surface area contributed by atoms with Gasteiger partial charge in [-0.05, 0) is 33.6 Å². The molecule has 0 spiro atoms. The Bertz CT molecular complexity index is 1300. The van der Waals surface area contributed by atoms with Crippen LogP contribution in [0.2, 0.25) is 0 Å². The number of likely N-dealkylation sites (N-methyl/N-ethyl adjacent to an activating group) is 1. The molecule has 0 saturated carbocycles. The van der Waals surface area contributed by atoms with Crippen molar-refractivity contribution in [2.75, 3.05) is 32.8 Å². The second kappa shape index (κ2) is 11.4. The minimum atomic E-state index is -0.986. The van der Waals surface area contributed by atoms with Crippen LogP contribution in [-0.2, 0) is 23.9 Å². The fraction of sp³-hybridized carbons (Fsp3) is 0.200. The van der Waals surface area contributed by atoms with Crippen LogP contribution in [0.25, 0.3) is 0 Å². The average molecular weight is 555 g/mol. The summed E-state index contributed by atoms with van der Waals surface area (Å²) in [5.41, 5.74) is 7.01. The van der Waals surface area contributed by atoms with Crippen molar-refractivity contribution in [2.45, 2.75) is 5.92 Å². The minimum absolute atomic E-state index is 0.0258. The van der Waals surface area contributed by atoms with Crippen LogP contribution in [0.4, 0.5) is 5.69 Å². The molecule has 1 aliphatic heterocycles. The molecule has 0 saturated heterocycles. The van der Waals surface area contributed by atoms with Crippen LogP contribution >= 0.6 is 15.9 Å². The van der Waals surface area contributed by atoms with Gasteiger partial charge >= 0.3 is 11.9 Å². The van der Waals surface area contributed by atoms with Crippen molar-refractivity contribution in [3.05, 3.63) is 81.2 Å². The number of allylic oxidation sites excluding steroid dienone is 1. The van der Waals surface area contributed by atoms with Crippen LogP contribution in [0.1, 0.15) is 11.5 Å². The molecular formula is C25H23BrN4O6. The van der Waals surface area contributed by atoms with Gasteiger partial charge in [0, 0.05) is 17.6 Å². The SMILES string of the molecule is CNC(=O)COc1ccc(Br)c(N2C(N)=C(C#N)C(c3ccccc3)C(C(=O)OC)=C2C(=O)OC)c1. The lowest BCUT2D eigenvalue weighted by Crippen LogP contribution is -2.41. The number of methoxy groups -OCH3 is 2. The van der Waals surface area contributed by atoms with E-state index in [4.69, 9.17) is 19.9 Å². The maximum Gasteiger partial charge on any atom is 0.355 e. The summed E-state index contributed by atoms with van der Waals surface area (Å²) >= 11 is 3.43. The number of carbonyl (C=O) groups excluding carboxylic acids is 3. The van der Waals surface area contributed by atoms with E-state index >= 15 is 0 Å². The Kier molecular flexibility index (Phi) is 8.34. The number of rotatable bonds is 7. The molecule has 0 fully saturated rings. The predicted octanol–water partition coefficient (Wildman–Crippen LogP) is 2.47. The topological polar surface area (TPSA) is 144 Å². The van der Waals surface area contributed by atoms with Gasteiger partial charge in [0.25, 0.3) is 5.91 Å². The fourth-order valence-corrected chi connectivity index (χ4v) is 4.16. The summed E-state index contributed by atoms with van der Waals surface area (Å²) in [5.74, 6) is -2.86. The van der Waals surface area contributed by atoms with E-state index < -0.39 is 17.9 Å². The maximum atomic E-state index is 13.2. The summed E-state index contributed by atoms with van der Waals surface area (Å²) in [4.78, 5) is 39.2. The molecule has 1 atom stereocenters. The number of hydrogen-bond acceptors (Lipinski definition) is 9. The highest BCUT2D eigenvalue weighted by Crippen LogP contribution is 2.45. The van der Waals surface area contributed by atoms with Crippen molar-refractivity contribution in [3.63, 3.8) is 0 Å². The molecular weight excluding hydrogens is 532 g/mol. The van der Waals surface area contributed by atoms with Gasteiger partial charge in [0.15, 0.2) is 6.61 Å². The molecule has 10 nitrogen and oxygen atoms in total. The molecule has 1 aliphatic rings. The summed E-state index contributed by atoms with van der Waals surface area (Å²) < 4.78 is 16.0. The van der Waals surface area contributed by atoms with Crippen molar-refractivity contribution < 1.29 is 28.6 Å². The quantitative estimate of drug-likeness (QED) is 0.493. The number of halogens is 1. The fourth-order valence-electron chi connectivity index (χ4n) is 3.74. The molecule has 0 radical (unpaired) electrons. The van der Waals surface area contributed by atoms with E-state index in [0.29, 0.717) is 10.0 Å². The first-order valence-electron chi connectivity index (χ1n) is 10.6. The molecule has 2 aromatic carbocycles. The highest BCUT2D eigenvalue weighted by molar-refractivity contribution is 9.10. The Labute approximate surface area is 216 Å². The van der Waals surface area contributed by atoms with Gasteiger partial charge in [-0.2, -0.15) is 5.26 Å². The summed E-state index contributed by atoms with van der Waals surface area (Å²) in [6.07, 6.45) is 0. The van der Waals surface area contributed by atoms with Crippen LogP contribution in [-0.4, -0.2) is 45.7 Å². The van der Waals surface area contributed by atoms with Gasteiger partial charge in [0.1, 0.15) is 17.3 Å². The monoisotopic (exact) mass is 554 g/mol. The normalized spacial score (nSPS) is 15.2. The van der Waals surface area contributed by atoms with Gasteiger partial charge in [-0.15, -0.1) is 0 Å². The third-order valence-electron chi connectivity index (χ3n) is 5.42. The average Bonchev–Trinajstić information content (AvgIpc) is 2.91. The lowest BCUT2D eigenvalue weighted by atomic mass is 9.81. The number of hydrogen-bond donors (Lipinski definition) is 2. The van der Waals surface area contributed by atoms with Crippen molar-refractivity contribution in [1.82, 2.24) is 5.32 Å². The molecule has 1 amide bonds. The van der Waals surface area contributed by atoms with Crippen LogP contribution in [0.3, 0.4) is 0 Å². The molecule has 1 unspecified atom stereocenters. The number of amides is 1. The van der Waals surface area contributed by atoms with Crippen molar-refractivity contribution in [1.29, 1.82) is 5.26 Å². The second-order valence-corrected chi connectivity index (χ2v) is 8.26. The third kappa shape index (κ3) is 5.04. The highest BCUT2D eigenvalue weighted by atomic mass is 79.9. The third-order valence-corrected chi connectivity index (χ3v) is 6.09. The maximum absolute atomic E-state index is 13.2. The van der Waals surface area contributed by atoms with E-state index in [9.17, 15) is 19.6 Å². The van der Waals surface area contributed by atoms with E-state index in [-0.39, 0.29) is 46.6 Å². The summed E-state index contributed by atoms with van der Waals surface area (Å²) in [5, 5.41) is 12.6. The van der Waals surface area contributed by atoms with Gasteiger partial charge in [-0.1, -0.05) is 30.3 Å². The van der Waals surface area contributed by atoms with E-state index in [1.54, 1.807) is 42.5 Å². The Morgan fingerprint density at radius 2 is 1.78 bits per heavy atom. The van der Waals surface area contributed by atoms with Crippen LogP contribution in [0, 0.1) is 11.3 Å². The van der Waals surface area contributed by atoms with Crippen LogP contribution in [0.5, 0.6) is 5.75 Å². The number of nitrogens with one attached hydrogen (secondary N) is 1. The molecule has 0 aliphatic carbocycles. The van der Waals surface area contributed by atoms with E-state index in [0.717, 1.165) is 7.11 Å². The van der Waals surface area contributed by atoms with Crippen LogP contribution < -0.4 is 20.7 Å². The number of nitrogens with zero attached hydrogens (tertiary/aromatic N) is 2. The van der Waals surface area contributed by atoms with E-state index in [2.05, 4.69) is 27.3 Å². The first-order valence-corrected chi connectivity index (χ1v) is 11.4. The van der Waals surface area contributed by atoms with E-state index in [1.807, 2.05) is 0 Å². The Balaban J connectivity index is 2.32. The molecule has 2 aromatic rings. The molecule has 3 N–H and O–H groups in total. The smallest absolute Gasteiger partial charge is 0.355 e. The zero-order valence-corrected chi connectivity index (χ0v) is 21.3. The number of nitrogens with two attached hydrogens (primary N) is 1. The molecule has 0 aromatic heterocycles. The highest BCUT2D eigenvalue weighted by Gasteiger charge is 2.43. The number of anilines is 1. The lowest BCUT2D eigenvalue weighted by Gasteiger charge is -2.36. The molecule has 36 heavy (non-hydrogen) atoms. The van der Waals surface area contributed by atoms with Gasteiger partial charge in [-0.3, -0.25) is 9.69 Å². The van der Waals surface area contributed by atoms with Gasteiger partial charge in [0.05, 0.1) is 43.0 Å². The largest absolute Gasteiger partial charge is 0.484 e. The number of nitriles is 1. The minimum Gasteiger partial charge on any atom is -0.484 e. The molecule has 0 bridgehead atoms. The van der Waals surface area contributed by atoms with Gasteiger partial charge in [0.2, 0.25) is 0 Å². The Hall–Kier alpha value is -4.30. The Morgan fingerprint density at radius 3 is 2.36 bits per heavy atom. The van der Waals surface area contributed by atoms with Gasteiger partial charge in [-0.25, -0.2) is 9.59 Å². The molecule has 186 valence electrons. The zero-order valence-electron chi connectivity index (χ0n) is 19.7. The lowest BCUT2D eigenvalue weighted by molar-refractivity contribution is -0.139. The van der Waals surface area contributed by atoms with Crippen LogP contribution in [0.15, 0.2) is 75.7 Å². The first kappa shape index (κ1) is 26.3. The number of carbonyl (C=O) groups is 3. The molecule has 3 rings (SSSR count). The number of benzene rings is 2. The predicted molar refractivity (Wildman–Crippen MR) is 133 cm³/mol. The second-order valence-electron chi connectivity index (χ2n) is 7.41. The van der Waals surface area contributed by atoms with E-state index in [1.165, 1.54) is 25.1 Å². The Morgan fingerprint density at radius 1 is 1.11 bits per heavy atom. The number of esters is 2. The van der Waals surface area contributed by atoms with Gasteiger partial charge < -0.3 is 25.3 Å². The summed E-state index contributed by atoms with van der Waals surface area (Å²) in [6, 6.07) is 15.5. The standard InChI is InChI=1S/C25H23BrN4O6/c1-29-19(31)13-36-15-9-10-17(26)18(11-15)30-22(25(33)35-3)21(24(32)34-2)20(16(12-27)23(30)28)14-7-5-4-6-8-14/h4-11,20H,13,28H2,1-3H3,(H,29,31). The summed E-state index contributed by atoms with van der Waals surface area (Å²) in [6.45, 7) is -0.254. The molecule has 11 heteroatoms. The number of ether oxygens (including phenoxy) is 3. The zero-order chi connectivity index (χ0) is 26.4. The van der Waals surface area contributed by atoms with Crippen molar-refractivity contribution in [3.8, 4) is 11.8 Å². The first-order chi connectivity index (χ1) is 17.3.